The van der Waals surface area contributed by atoms with Crippen molar-refractivity contribution in [3.8, 4) is 5.75 Å². The van der Waals surface area contributed by atoms with E-state index in [4.69, 9.17) is 4.74 Å². The fourth-order valence-electron chi connectivity index (χ4n) is 3.85. The van der Waals surface area contributed by atoms with Crippen LogP contribution in [0.3, 0.4) is 0 Å². The van der Waals surface area contributed by atoms with Crippen molar-refractivity contribution in [3.63, 3.8) is 0 Å². The van der Waals surface area contributed by atoms with Crippen LogP contribution in [0.2, 0.25) is 0 Å². The Balaban J connectivity index is 2.01. The molecule has 1 heterocycles. The van der Waals surface area contributed by atoms with E-state index in [1.54, 1.807) is 29.2 Å². The Labute approximate surface area is 190 Å². The Morgan fingerprint density at radius 3 is 2.31 bits per heavy atom. The summed E-state index contributed by atoms with van der Waals surface area (Å²) in [6.07, 6.45) is 1.63. The van der Waals surface area contributed by atoms with Crippen molar-refractivity contribution in [1.82, 2.24) is 9.80 Å². The molecule has 1 amide bonds. The third-order valence-electron chi connectivity index (χ3n) is 5.54. The molecule has 1 aliphatic heterocycles. The SMILES string of the molecule is CCCOc1ccc(/C(O)=C2\C(=O)C(=O)N(CCCN(C)C)[C@@H]2c2ccc(C)cc2)cc1. The molecule has 0 spiro atoms. The number of aliphatic hydroxyl groups is 1. The fraction of sp³-hybridized carbons (Fsp3) is 0.385. The molecule has 0 unspecified atom stereocenters. The Hall–Kier alpha value is -3.12. The van der Waals surface area contributed by atoms with Gasteiger partial charge in [-0.3, -0.25) is 9.59 Å². The van der Waals surface area contributed by atoms with E-state index >= 15 is 0 Å². The van der Waals surface area contributed by atoms with E-state index in [-0.39, 0.29) is 11.3 Å². The van der Waals surface area contributed by atoms with Crippen LogP contribution in [0.25, 0.3) is 5.76 Å². The fourth-order valence-corrected chi connectivity index (χ4v) is 3.85. The third-order valence-corrected chi connectivity index (χ3v) is 5.54. The van der Waals surface area contributed by atoms with Gasteiger partial charge in [0.05, 0.1) is 18.2 Å². The first kappa shape index (κ1) is 23.5. The predicted molar refractivity (Wildman–Crippen MR) is 126 cm³/mol. The van der Waals surface area contributed by atoms with E-state index in [0.717, 1.165) is 30.5 Å². The van der Waals surface area contributed by atoms with Crippen LogP contribution in [0.1, 0.15) is 42.5 Å². The van der Waals surface area contributed by atoms with E-state index in [0.29, 0.717) is 24.5 Å². The summed E-state index contributed by atoms with van der Waals surface area (Å²) < 4.78 is 5.60. The zero-order valence-corrected chi connectivity index (χ0v) is 19.3. The number of ketones is 1. The minimum absolute atomic E-state index is 0.130. The molecular formula is C26H32N2O4. The zero-order chi connectivity index (χ0) is 23.3. The van der Waals surface area contributed by atoms with Crippen LogP contribution < -0.4 is 4.74 Å². The van der Waals surface area contributed by atoms with Gasteiger partial charge in [0, 0.05) is 12.1 Å². The maximum atomic E-state index is 13.0. The van der Waals surface area contributed by atoms with Gasteiger partial charge < -0.3 is 19.6 Å². The van der Waals surface area contributed by atoms with Crippen LogP contribution in [0.5, 0.6) is 5.75 Å². The van der Waals surface area contributed by atoms with Gasteiger partial charge in [0.1, 0.15) is 11.5 Å². The average molecular weight is 437 g/mol. The number of nitrogens with zero attached hydrogens (tertiary/aromatic N) is 2. The monoisotopic (exact) mass is 436 g/mol. The molecule has 0 aromatic heterocycles. The highest BCUT2D eigenvalue weighted by Crippen LogP contribution is 2.39. The summed E-state index contributed by atoms with van der Waals surface area (Å²) in [5, 5.41) is 11.1. The number of aryl methyl sites for hydroxylation is 1. The molecule has 0 radical (unpaired) electrons. The number of likely N-dealkylation sites (tertiary alicyclic amines) is 1. The zero-order valence-electron chi connectivity index (χ0n) is 19.3. The first-order valence-electron chi connectivity index (χ1n) is 11.1. The molecule has 2 aromatic rings. The lowest BCUT2D eigenvalue weighted by Crippen LogP contribution is -2.32. The first-order chi connectivity index (χ1) is 15.3. The van der Waals surface area contributed by atoms with E-state index in [9.17, 15) is 14.7 Å². The van der Waals surface area contributed by atoms with Crippen molar-refractivity contribution in [3.05, 3.63) is 70.8 Å². The van der Waals surface area contributed by atoms with Crippen molar-refractivity contribution in [1.29, 1.82) is 0 Å². The molecule has 6 heteroatoms. The van der Waals surface area contributed by atoms with Gasteiger partial charge in [0.2, 0.25) is 0 Å². The maximum Gasteiger partial charge on any atom is 0.295 e. The number of carbonyl (C=O) groups is 2. The topological polar surface area (TPSA) is 70.1 Å². The summed E-state index contributed by atoms with van der Waals surface area (Å²) in [6.45, 7) is 5.85. The summed E-state index contributed by atoms with van der Waals surface area (Å²) in [7, 11) is 3.94. The van der Waals surface area contributed by atoms with E-state index in [1.807, 2.05) is 57.1 Å². The minimum atomic E-state index is -0.649. The molecule has 1 atom stereocenters. The largest absolute Gasteiger partial charge is 0.507 e. The average Bonchev–Trinajstić information content (AvgIpc) is 3.03. The van der Waals surface area contributed by atoms with E-state index in [2.05, 4.69) is 0 Å². The molecule has 170 valence electrons. The van der Waals surface area contributed by atoms with Gasteiger partial charge in [-0.2, -0.15) is 0 Å². The third kappa shape index (κ3) is 5.19. The standard InChI is InChI=1S/C26H32N2O4/c1-5-17-32-21-13-11-20(12-14-21)24(29)22-23(19-9-7-18(2)8-10-19)28(26(31)25(22)30)16-6-15-27(3)4/h7-14,23,29H,5-6,15-17H2,1-4H3/b24-22+/t23-/m1/s1. The van der Waals surface area contributed by atoms with Crippen LogP contribution >= 0.6 is 0 Å². The number of benzene rings is 2. The Kier molecular flexibility index (Phi) is 7.70. The molecule has 2 aromatic carbocycles. The van der Waals surface area contributed by atoms with Crippen molar-refractivity contribution in [2.24, 2.45) is 0 Å². The van der Waals surface area contributed by atoms with Gasteiger partial charge in [-0.25, -0.2) is 0 Å². The second kappa shape index (κ2) is 10.5. The quantitative estimate of drug-likeness (QED) is 0.363. The summed E-state index contributed by atoms with van der Waals surface area (Å²) >= 11 is 0. The van der Waals surface area contributed by atoms with Crippen LogP contribution in [-0.4, -0.2) is 60.4 Å². The highest BCUT2D eigenvalue weighted by Gasteiger charge is 2.45. The number of ether oxygens (including phenoxy) is 1. The highest BCUT2D eigenvalue weighted by molar-refractivity contribution is 6.46. The summed E-state index contributed by atoms with van der Waals surface area (Å²) in [5.74, 6) is -0.684. The van der Waals surface area contributed by atoms with Crippen LogP contribution in [-0.2, 0) is 9.59 Å². The molecule has 1 saturated heterocycles. The van der Waals surface area contributed by atoms with Gasteiger partial charge in [-0.15, -0.1) is 0 Å². The van der Waals surface area contributed by atoms with Gasteiger partial charge in [-0.05, 0) is 70.2 Å². The Bertz CT molecular complexity index is 978. The van der Waals surface area contributed by atoms with E-state index < -0.39 is 17.7 Å². The molecule has 0 bridgehead atoms. The molecule has 3 rings (SSSR count). The molecule has 1 aliphatic rings. The smallest absolute Gasteiger partial charge is 0.295 e. The molecule has 6 nitrogen and oxygen atoms in total. The number of hydrogen-bond donors (Lipinski definition) is 1. The number of aliphatic hydroxyl groups excluding tert-OH is 1. The molecule has 0 aliphatic carbocycles. The predicted octanol–water partition coefficient (Wildman–Crippen LogP) is 4.16. The van der Waals surface area contributed by atoms with Crippen molar-refractivity contribution >= 4 is 17.4 Å². The number of Topliss-reactive ketones (excluding diaryl/α,β-unsaturated/α-hetero) is 1. The second-order valence-electron chi connectivity index (χ2n) is 8.43. The Morgan fingerprint density at radius 1 is 1.06 bits per heavy atom. The van der Waals surface area contributed by atoms with Crippen molar-refractivity contribution in [2.75, 3.05) is 33.8 Å². The minimum Gasteiger partial charge on any atom is -0.507 e. The summed E-state index contributed by atoms with van der Waals surface area (Å²) in [5.41, 5.74) is 2.51. The molecule has 1 fully saturated rings. The van der Waals surface area contributed by atoms with Crippen LogP contribution in [0.15, 0.2) is 54.1 Å². The summed E-state index contributed by atoms with van der Waals surface area (Å²) in [6, 6.07) is 14.1. The highest BCUT2D eigenvalue weighted by atomic mass is 16.5. The number of amides is 1. The van der Waals surface area contributed by atoms with Crippen molar-refractivity contribution in [2.45, 2.75) is 32.7 Å². The maximum absolute atomic E-state index is 13.0. The number of rotatable bonds is 9. The molecule has 0 saturated carbocycles. The number of hydrogen-bond acceptors (Lipinski definition) is 5. The summed E-state index contributed by atoms with van der Waals surface area (Å²) in [4.78, 5) is 29.6. The van der Waals surface area contributed by atoms with Crippen LogP contribution in [0.4, 0.5) is 0 Å². The van der Waals surface area contributed by atoms with Gasteiger partial charge in [0.25, 0.3) is 11.7 Å². The van der Waals surface area contributed by atoms with E-state index in [1.165, 1.54) is 0 Å². The lowest BCUT2D eigenvalue weighted by Gasteiger charge is -2.26. The molecular weight excluding hydrogens is 404 g/mol. The normalized spacial score (nSPS) is 17.9. The second-order valence-corrected chi connectivity index (χ2v) is 8.43. The van der Waals surface area contributed by atoms with Gasteiger partial charge >= 0.3 is 0 Å². The Morgan fingerprint density at radius 2 is 1.72 bits per heavy atom. The number of carbonyl (C=O) groups excluding carboxylic acids is 2. The molecule has 1 N–H and O–H groups in total. The lowest BCUT2D eigenvalue weighted by molar-refractivity contribution is -0.139. The van der Waals surface area contributed by atoms with Gasteiger partial charge in [0.15, 0.2) is 0 Å². The van der Waals surface area contributed by atoms with Gasteiger partial charge in [-0.1, -0.05) is 36.8 Å². The first-order valence-corrected chi connectivity index (χ1v) is 11.1. The lowest BCUT2D eigenvalue weighted by atomic mass is 9.94. The molecule has 32 heavy (non-hydrogen) atoms. The van der Waals surface area contributed by atoms with Crippen molar-refractivity contribution < 1.29 is 19.4 Å². The van der Waals surface area contributed by atoms with Crippen LogP contribution in [0, 0.1) is 6.92 Å².